The van der Waals surface area contributed by atoms with Gasteiger partial charge in [0, 0.05) is 17.4 Å². The number of hydrogen-bond acceptors (Lipinski definition) is 4. The normalized spacial score (nSPS) is 10.2. The number of halogens is 1. The fourth-order valence-electron chi connectivity index (χ4n) is 1.30. The van der Waals surface area contributed by atoms with Gasteiger partial charge in [0.15, 0.2) is 0 Å². The van der Waals surface area contributed by atoms with Crippen molar-refractivity contribution in [1.29, 1.82) is 0 Å². The summed E-state index contributed by atoms with van der Waals surface area (Å²) in [5, 5.41) is 0.663. The van der Waals surface area contributed by atoms with Crippen molar-refractivity contribution in [1.82, 2.24) is 9.97 Å². The molecule has 2 N–H and O–H groups in total. The molecule has 1 aromatic heterocycles. The van der Waals surface area contributed by atoms with E-state index in [0.29, 0.717) is 23.3 Å². The highest BCUT2D eigenvalue weighted by atomic mass is 35.5. The number of rotatable bonds is 4. The molecule has 17 heavy (non-hydrogen) atoms. The Labute approximate surface area is 104 Å². The molecular formula is C12H12ClN3O. The monoisotopic (exact) mass is 249 g/mol. The van der Waals surface area contributed by atoms with Gasteiger partial charge in [-0.25, -0.2) is 9.97 Å². The Morgan fingerprint density at radius 1 is 1.12 bits per heavy atom. The van der Waals surface area contributed by atoms with Crippen LogP contribution in [0.2, 0.25) is 5.02 Å². The van der Waals surface area contributed by atoms with Gasteiger partial charge in [0.05, 0.1) is 0 Å². The third kappa shape index (κ3) is 3.41. The molecule has 4 nitrogen and oxygen atoms in total. The van der Waals surface area contributed by atoms with E-state index >= 15 is 0 Å². The maximum Gasteiger partial charge on any atom is 0.321 e. The van der Waals surface area contributed by atoms with Crippen LogP contribution in [0.4, 0.5) is 0 Å². The van der Waals surface area contributed by atoms with Crippen molar-refractivity contribution in [2.45, 2.75) is 6.42 Å². The van der Waals surface area contributed by atoms with Crippen molar-refractivity contribution in [3.05, 3.63) is 47.2 Å². The highest BCUT2D eigenvalue weighted by Crippen LogP contribution is 2.19. The lowest BCUT2D eigenvalue weighted by Crippen LogP contribution is -2.03. The molecule has 2 rings (SSSR count). The molecule has 1 heterocycles. The van der Waals surface area contributed by atoms with Crippen LogP contribution < -0.4 is 10.5 Å². The zero-order valence-corrected chi connectivity index (χ0v) is 9.89. The molecule has 1 aromatic carbocycles. The summed E-state index contributed by atoms with van der Waals surface area (Å²) >= 11 is 5.77. The Balaban J connectivity index is 2.05. The maximum atomic E-state index is 5.77. The predicted octanol–water partition coefficient (Wildman–Crippen LogP) is 2.42. The first-order valence-corrected chi connectivity index (χ1v) is 5.60. The molecule has 0 spiro atoms. The molecule has 5 heteroatoms. The van der Waals surface area contributed by atoms with Crippen LogP contribution in [0.5, 0.6) is 11.8 Å². The first kappa shape index (κ1) is 11.8. The molecule has 0 unspecified atom stereocenters. The fraction of sp³-hybridized carbons (Fsp3) is 0.167. The molecule has 0 fully saturated rings. The van der Waals surface area contributed by atoms with Gasteiger partial charge in [-0.2, -0.15) is 0 Å². The van der Waals surface area contributed by atoms with Gasteiger partial charge in [0.2, 0.25) is 0 Å². The van der Waals surface area contributed by atoms with Crippen LogP contribution in [0.1, 0.15) is 5.56 Å². The molecule has 0 saturated carbocycles. The second-order valence-electron chi connectivity index (χ2n) is 3.47. The van der Waals surface area contributed by atoms with Crippen molar-refractivity contribution >= 4 is 11.6 Å². The number of nitrogens with two attached hydrogens (primary N) is 1. The van der Waals surface area contributed by atoms with Gasteiger partial charge < -0.3 is 10.5 Å². The quantitative estimate of drug-likeness (QED) is 0.904. The van der Waals surface area contributed by atoms with Crippen molar-refractivity contribution in [3.63, 3.8) is 0 Å². The van der Waals surface area contributed by atoms with Gasteiger partial charge in [-0.1, -0.05) is 11.6 Å². The molecule has 0 aliphatic rings. The molecule has 0 radical (unpaired) electrons. The van der Waals surface area contributed by atoms with Crippen molar-refractivity contribution < 1.29 is 4.74 Å². The van der Waals surface area contributed by atoms with E-state index in [1.54, 1.807) is 36.7 Å². The van der Waals surface area contributed by atoms with Crippen molar-refractivity contribution in [3.8, 4) is 11.8 Å². The van der Waals surface area contributed by atoms with Gasteiger partial charge in [0.1, 0.15) is 5.75 Å². The molecule has 88 valence electrons. The van der Waals surface area contributed by atoms with E-state index in [-0.39, 0.29) is 0 Å². The van der Waals surface area contributed by atoms with Crippen LogP contribution in [0, 0.1) is 0 Å². The first-order chi connectivity index (χ1) is 8.28. The summed E-state index contributed by atoms with van der Waals surface area (Å²) < 4.78 is 5.45. The summed E-state index contributed by atoms with van der Waals surface area (Å²) in [4.78, 5) is 8.19. The summed E-state index contributed by atoms with van der Waals surface area (Å²) in [5.41, 5.74) is 6.43. The van der Waals surface area contributed by atoms with Crippen LogP contribution >= 0.6 is 11.6 Å². The number of aromatic nitrogens is 2. The van der Waals surface area contributed by atoms with Crippen molar-refractivity contribution in [2.24, 2.45) is 5.73 Å². The Kier molecular flexibility index (Phi) is 3.90. The van der Waals surface area contributed by atoms with E-state index < -0.39 is 0 Å². The van der Waals surface area contributed by atoms with Crippen LogP contribution in [-0.4, -0.2) is 16.5 Å². The SMILES string of the molecule is NCCc1cnc(Oc2ccc(Cl)cc2)nc1. The van der Waals surface area contributed by atoms with E-state index in [1.165, 1.54) is 0 Å². The molecule has 0 atom stereocenters. The van der Waals surface area contributed by atoms with Crippen LogP contribution in [0.25, 0.3) is 0 Å². The fourth-order valence-corrected chi connectivity index (χ4v) is 1.43. The van der Waals surface area contributed by atoms with Crippen LogP contribution in [-0.2, 0) is 6.42 Å². The second-order valence-corrected chi connectivity index (χ2v) is 3.90. The zero-order chi connectivity index (χ0) is 12.1. The zero-order valence-electron chi connectivity index (χ0n) is 9.14. The van der Waals surface area contributed by atoms with Crippen LogP contribution in [0.3, 0.4) is 0 Å². The standard InChI is InChI=1S/C12H12ClN3O/c13-10-1-3-11(4-2-10)17-12-15-7-9(5-6-14)8-16-12/h1-4,7-8H,5-6,14H2. The van der Waals surface area contributed by atoms with E-state index in [0.717, 1.165) is 12.0 Å². The summed E-state index contributed by atoms with van der Waals surface area (Å²) in [7, 11) is 0. The van der Waals surface area contributed by atoms with Gasteiger partial charge in [-0.3, -0.25) is 0 Å². The Bertz CT molecular complexity index is 470. The topological polar surface area (TPSA) is 61.0 Å². The largest absolute Gasteiger partial charge is 0.424 e. The van der Waals surface area contributed by atoms with E-state index in [9.17, 15) is 0 Å². The summed E-state index contributed by atoms with van der Waals surface area (Å²) in [6, 6.07) is 7.34. The van der Waals surface area contributed by atoms with E-state index in [2.05, 4.69) is 9.97 Å². The second kappa shape index (κ2) is 5.61. The summed E-state index contributed by atoms with van der Waals surface area (Å²) in [6.07, 6.45) is 4.19. The minimum Gasteiger partial charge on any atom is -0.424 e. The summed E-state index contributed by atoms with van der Waals surface area (Å²) in [6.45, 7) is 0.584. The number of ether oxygens (including phenoxy) is 1. The lowest BCUT2D eigenvalue weighted by Gasteiger charge is -2.04. The molecule has 0 saturated heterocycles. The lowest BCUT2D eigenvalue weighted by molar-refractivity contribution is 0.441. The van der Waals surface area contributed by atoms with E-state index in [4.69, 9.17) is 22.1 Å². The number of benzene rings is 1. The van der Waals surface area contributed by atoms with Gasteiger partial charge >= 0.3 is 6.01 Å². The molecule has 0 amide bonds. The van der Waals surface area contributed by atoms with Crippen molar-refractivity contribution in [2.75, 3.05) is 6.54 Å². The Morgan fingerprint density at radius 3 is 2.35 bits per heavy atom. The highest BCUT2D eigenvalue weighted by Gasteiger charge is 2.00. The third-order valence-electron chi connectivity index (χ3n) is 2.14. The molecule has 0 aliphatic carbocycles. The average Bonchev–Trinajstić information content (AvgIpc) is 2.35. The minimum absolute atomic E-state index is 0.313. The first-order valence-electron chi connectivity index (χ1n) is 5.22. The predicted molar refractivity (Wildman–Crippen MR) is 66.3 cm³/mol. The smallest absolute Gasteiger partial charge is 0.321 e. The van der Waals surface area contributed by atoms with E-state index in [1.807, 2.05) is 0 Å². The van der Waals surface area contributed by atoms with Gasteiger partial charge in [-0.15, -0.1) is 0 Å². The van der Waals surface area contributed by atoms with Crippen LogP contribution in [0.15, 0.2) is 36.7 Å². The van der Waals surface area contributed by atoms with Gasteiger partial charge in [0.25, 0.3) is 0 Å². The summed E-state index contributed by atoms with van der Waals surface area (Å²) in [5.74, 6) is 0.654. The molecular weight excluding hydrogens is 238 g/mol. The van der Waals surface area contributed by atoms with Gasteiger partial charge in [-0.05, 0) is 42.8 Å². The maximum absolute atomic E-state index is 5.77. The Hall–Kier alpha value is -1.65. The third-order valence-corrected chi connectivity index (χ3v) is 2.39. The molecule has 2 aromatic rings. The minimum atomic E-state index is 0.313. The molecule has 0 aliphatic heterocycles. The highest BCUT2D eigenvalue weighted by molar-refractivity contribution is 6.30. The number of nitrogens with zero attached hydrogens (tertiary/aromatic N) is 2. The average molecular weight is 250 g/mol. The molecule has 0 bridgehead atoms. The Morgan fingerprint density at radius 2 is 1.76 bits per heavy atom. The number of hydrogen-bond donors (Lipinski definition) is 1. The lowest BCUT2D eigenvalue weighted by atomic mass is 10.2.